The zero-order valence-corrected chi connectivity index (χ0v) is 12.2. The molecule has 0 aromatic heterocycles. The summed E-state index contributed by atoms with van der Waals surface area (Å²) in [5, 5.41) is 9.38. The number of benzene rings is 1. The van der Waals surface area contributed by atoms with Crippen LogP contribution in [-0.2, 0) is 0 Å². The lowest BCUT2D eigenvalue weighted by Crippen LogP contribution is -2.31. The fourth-order valence-corrected chi connectivity index (χ4v) is 2.60. The molecule has 1 N–H and O–H groups in total. The summed E-state index contributed by atoms with van der Waals surface area (Å²) in [7, 11) is 0. The molecule has 0 unspecified atom stereocenters. The van der Waals surface area contributed by atoms with Crippen molar-refractivity contribution in [3.63, 3.8) is 0 Å². The average Bonchev–Trinajstić information content (AvgIpc) is 2.40. The van der Waals surface area contributed by atoms with Gasteiger partial charge in [0.25, 0.3) is 0 Å². The minimum absolute atomic E-state index is 0.246. The fourth-order valence-electron chi connectivity index (χ4n) is 2.24. The molecule has 0 atom stereocenters. The maximum Gasteiger partial charge on any atom is 0.130 e. The number of rotatable bonds is 5. The van der Waals surface area contributed by atoms with E-state index in [1.54, 1.807) is 18.2 Å². The molecule has 2 rings (SSSR count). The van der Waals surface area contributed by atoms with Crippen molar-refractivity contribution in [2.45, 2.75) is 25.7 Å². The molecule has 1 heterocycles. The van der Waals surface area contributed by atoms with Crippen molar-refractivity contribution in [3.8, 4) is 11.5 Å². The SMILES string of the molecule is Oc1ccc(OCCCN2CCCCC2)cc1Br. The Morgan fingerprint density at radius 3 is 2.72 bits per heavy atom. The lowest BCUT2D eigenvalue weighted by atomic mass is 10.1. The van der Waals surface area contributed by atoms with Crippen LogP contribution in [0.25, 0.3) is 0 Å². The smallest absolute Gasteiger partial charge is 0.130 e. The van der Waals surface area contributed by atoms with Crippen molar-refractivity contribution < 1.29 is 9.84 Å². The van der Waals surface area contributed by atoms with Gasteiger partial charge in [-0.05, 0) is 66.5 Å². The molecule has 18 heavy (non-hydrogen) atoms. The van der Waals surface area contributed by atoms with E-state index >= 15 is 0 Å². The average molecular weight is 314 g/mol. The van der Waals surface area contributed by atoms with Gasteiger partial charge in [0, 0.05) is 6.54 Å². The highest BCUT2D eigenvalue weighted by atomic mass is 79.9. The summed E-state index contributed by atoms with van der Waals surface area (Å²) in [5.41, 5.74) is 0. The van der Waals surface area contributed by atoms with E-state index in [0.717, 1.165) is 25.3 Å². The third-order valence-corrected chi connectivity index (χ3v) is 3.89. The van der Waals surface area contributed by atoms with Crippen LogP contribution in [-0.4, -0.2) is 36.2 Å². The van der Waals surface area contributed by atoms with Crippen LogP contribution >= 0.6 is 15.9 Å². The summed E-state index contributed by atoms with van der Waals surface area (Å²) in [5.74, 6) is 1.05. The first-order chi connectivity index (χ1) is 8.75. The number of phenols is 1. The molecule has 1 aliphatic rings. The fraction of sp³-hybridized carbons (Fsp3) is 0.571. The van der Waals surface area contributed by atoms with Gasteiger partial charge in [-0.2, -0.15) is 0 Å². The third kappa shape index (κ3) is 4.18. The van der Waals surface area contributed by atoms with E-state index in [4.69, 9.17) is 4.74 Å². The van der Waals surface area contributed by atoms with Crippen molar-refractivity contribution >= 4 is 15.9 Å². The molecule has 0 spiro atoms. The van der Waals surface area contributed by atoms with Crippen LogP contribution in [0, 0.1) is 0 Å². The number of phenolic OH excluding ortho intramolecular Hbond substituents is 1. The zero-order chi connectivity index (χ0) is 12.8. The highest BCUT2D eigenvalue weighted by Gasteiger charge is 2.09. The topological polar surface area (TPSA) is 32.7 Å². The summed E-state index contributed by atoms with van der Waals surface area (Å²) in [4.78, 5) is 2.51. The summed E-state index contributed by atoms with van der Waals surface area (Å²) in [6, 6.07) is 5.24. The number of hydrogen-bond donors (Lipinski definition) is 1. The second kappa shape index (κ2) is 7.00. The minimum atomic E-state index is 0.246. The van der Waals surface area contributed by atoms with Crippen LogP contribution in [0.5, 0.6) is 11.5 Å². The Bertz CT molecular complexity index is 378. The Balaban J connectivity index is 1.66. The molecule has 1 fully saturated rings. The van der Waals surface area contributed by atoms with Crippen molar-refractivity contribution in [3.05, 3.63) is 22.7 Å². The monoisotopic (exact) mass is 313 g/mol. The van der Waals surface area contributed by atoms with Gasteiger partial charge in [-0.25, -0.2) is 0 Å². The Hall–Kier alpha value is -0.740. The number of aromatic hydroxyl groups is 1. The summed E-state index contributed by atoms with van der Waals surface area (Å²) < 4.78 is 6.34. The maximum atomic E-state index is 9.38. The molecule has 1 aromatic carbocycles. The van der Waals surface area contributed by atoms with Crippen LogP contribution < -0.4 is 4.74 Å². The van der Waals surface area contributed by atoms with Crippen LogP contribution in [0.1, 0.15) is 25.7 Å². The minimum Gasteiger partial charge on any atom is -0.507 e. The Kier molecular flexibility index (Phi) is 5.32. The molecule has 4 heteroatoms. The van der Waals surface area contributed by atoms with Gasteiger partial charge in [-0.1, -0.05) is 6.42 Å². The summed E-state index contributed by atoms with van der Waals surface area (Å²) >= 11 is 3.28. The van der Waals surface area contributed by atoms with E-state index in [0.29, 0.717) is 4.47 Å². The molecule has 0 aliphatic carbocycles. The van der Waals surface area contributed by atoms with E-state index in [2.05, 4.69) is 20.8 Å². The molecule has 3 nitrogen and oxygen atoms in total. The Morgan fingerprint density at radius 1 is 1.22 bits per heavy atom. The molecule has 0 saturated carbocycles. The molecular weight excluding hydrogens is 294 g/mol. The molecule has 0 bridgehead atoms. The van der Waals surface area contributed by atoms with Gasteiger partial charge in [0.05, 0.1) is 11.1 Å². The van der Waals surface area contributed by atoms with Crippen molar-refractivity contribution in [1.82, 2.24) is 4.90 Å². The van der Waals surface area contributed by atoms with Crippen LogP contribution in [0.4, 0.5) is 0 Å². The van der Waals surface area contributed by atoms with E-state index in [1.807, 2.05) is 0 Å². The maximum absolute atomic E-state index is 9.38. The number of likely N-dealkylation sites (tertiary alicyclic amines) is 1. The molecule has 1 saturated heterocycles. The standard InChI is InChI=1S/C14H20BrNO2/c15-13-11-12(5-6-14(13)17)18-10-4-9-16-7-2-1-3-8-16/h5-6,11,17H,1-4,7-10H2. The highest BCUT2D eigenvalue weighted by molar-refractivity contribution is 9.10. The van der Waals surface area contributed by atoms with Gasteiger partial charge in [0.15, 0.2) is 0 Å². The van der Waals surface area contributed by atoms with Crippen LogP contribution in [0.15, 0.2) is 22.7 Å². The normalized spacial score (nSPS) is 16.7. The number of nitrogens with zero attached hydrogens (tertiary/aromatic N) is 1. The van der Waals surface area contributed by atoms with E-state index in [9.17, 15) is 5.11 Å². The number of halogens is 1. The van der Waals surface area contributed by atoms with Gasteiger partial charge in [-0.3, -0.25) is 0 Å². The predicted octanol–water partition coefficient (Wildman–Crippen LogP) is 3.41. The van der Waals surface area contributed by atoms with Crippen LogP contribution in [0.3, 0.4) is 0 Å². The van der Waals surface area contributed by atoms with Crippen molar-refractivity contribution in [1.29, 1.82) is 0 Å². The number of piperidine rings is 1. The quantitative estimate of drug-likeness (QED) is 0.846. The number of hydrogen-bond acceptors (Lipinski definition) is 3. The molecular formula is C14H20BrNO2. The molecule has 1 aromatic rings. The van der Waals surface area contributed by atoms with E-state index in [-0.39, 0.29) is 5.75 Å². The Morgan fingerprint density at radius 2 is 2.00 bits per heavy atom. The molecule has 1 aliphatic heterocycles. The Labute approximate surface area is 117 Å². The lowest BCUT2D eigenvalue weighted by molar-refractivity contribution is 0.205. The summed E-state index contributed by atoms with van der Waals surface area (Å²) in [6.07, 6.45) is 5.12. The van der Waals surface area contributed by atoms with Gasteiger partial charge < -0.3 is 14.7 Å². The largest absolute Gasteiger partial charge is 0.507 e. The first-order valence-electron chi connectivity index (χ1n) is 6.59. The first kappa shape index (κ1) is 13.7. The van der Waals surface area contributed by atoms with E-state index < -0.39 is 0 Å². The third-order valence-electron chi connectivity index (χ3n) is 3.26. The second-order valence-electron chi connectivity index (χ2n) is 4.72. The van der Waals surface area contributed by atoms with Crippen molar-refractivity contribution in [2.75, 3.05) is 26.2 Å². The second-order valence-corrected chi connectivity index (χ2v) is 5.57. The lowest BCUT2D eigenvalue weighted by Gasteiger charge is -2.26. The summed E-state index contributed by atoms with van der Waals surface area (Å²) in [6.45, 7) is 4.34. The van der Waals surface area contributed by atoms with Gasteiger partial charge in [-0.15, -0.1) is 0 Å². The van der Waals surface area contributed by atoms with Crippen molar-refractivity contribution in [2.24, 2.45) is 0 Å². The molecule has 0 radical (unpaired) electrons. The van der Waals surface area contributed by atoms with Gasteiger partial charge in [0.1, 0.15) is 11.5 Å². The molecule has 100 valence electrons. The van der Waals surface area contributed by atoms with Crippen LogP contribution in [0.2, 0.25) is 0 Å². The molecule has 0 amide bonds. The van der Waals surface area contributed by atoms with E-state index in [1.165, 1.54) is 32.4 Å². The number of ether oxygens (including phenoxy) is 1. The van der Waals surface area contributed by atoms with Gasteiger partial charge in [0.2, 0.25) is 0 Å². The first-order valence-corrected chi connectivity index (χ1v) is 7.39. The predicted molar refractivity (Wildman–Crippen MR) is 76.2 cm³/mol. The highest BCUT2D eigenvalue weighted by Crippen LogP contribution is 2.27. The van der Waals surface area contributed by atoms with Gasteiger partial charge >= 0.3 is 0 Å². The zero-order valence-electron chi connectivity index (χ0n) is 10.6.